The zero-order valence-corrected chi connectivity index (χ0v) is 14.0. The van der Waals surface area contributed by atoms with Gasteiger partial charge < -0.3 is 14.9 Å². The minimum atomic E-state index is -0.395. The zero-order chi connectivity index (χ0) is 16.6. The molecule has 0 radical (unpaired) electrons. The van der Waals surface area contributed by atoms with E-state index in [1.807, 2.05) is 6.08 Å². The first-order valence-electron chi connectivity index (χ1n) is 8.80. The van der Waals surface area contributed by atoms with Crippen LogP contribution in [-0.2, 0) is 9.53 Å². The van der Waals surface area contributed by atoms with Crippen molar-refractivity contribution < 1.29 is 19.7 Å². The maximum absolute atomic E-state index is 11.7. The fourth-order valence-electron chi connectivity index (χ4n) is 5.15. The topological polar surface area (TPSA) is 66.8 Å². The largest absolute Gasteiger partial charge is 0.462 e. The van der Waals surface area contributed by atoms with Gasteiger partial charge in [-0.2, -0.15) is 0 Å². The first-order chi connectivity index (χ1) is 11.0. The average molecular weight is 320 g/mol. The highest BCUT2D eigenvalue weighted by atomic mass is 16.5. The van der Waals surface area contributed by atoms with Gasteiger partial charge in [-0.1, -0.05) is 25.2 Å². The molecule has 1 aliphatic heterocycles. The molecule has 1 heterocycles. The number of esters is 1. The molecular weight excluding hydrogens is 292 g/mol. The van der Waals surface area contributed by atoms with E-state index in [2.05, 4.69) is 13.5 Å². The van der Waals surface area contributed by atoms with Gasteiger partial charge in [0.25, 0.3) is 0 Å². The Morgan fingerprint density at radius 3 is 2.83 bits per heavy atom. The van der Waals surface area contributed by atoms with E-state index in [1.165, 1.54) is 5.57 Å². The van der Waals surface area contributed by atoms with Crippen molar-refractivity contribution in [2.45, 2.75) is 51.6 Å². The standard InChI is InChI=1S/C19H28O4/c1-12-3-5-16-14(11-20)17(21)7-9-19(16,2)15(12)6-4-13-8-10-23-18(13)22/h4,14-17,20-21H,1,3,5-11H2,2H3/b13-4+. The SMILES string of the molecule is C=C1CCC2C(CO)C(O)CCC2(C)C1C/C=C1\CCOC1=O. The van der Waals surface area contributed by atoms with Crippen molar-refractivity contribution in [2.24, 2.45) is 23.2 Å². The number of hydrogen-bond donors (Lipinski definition) is 2. The van der Waals surface area contributed by atoms with Crippen LogP contribution in [0.15, 0.2) is 23.8 Å². The third kappa shape index (κ3) is 2.87. The van der Waals surface area contributed by atoms with Crippen LogP contribution in [0.5, 0.6) is 0 Å². The molecule has 0 aromatic rings. The first kappa shape index (κ1) is 16.7. The molecule has 3 aliphatic rings. The molecule has 4 nitrogen and oxygen atoms in total. The van der Waals surface area contributed by atoms with Crippen LogP contribution in [0.1, 0.15) is 45.4 Å². The second kappa shape index (κ2) is 6.40. The second-order valence-corrected chi connectivity index (χ2v) is 7.67. The summed E-state index contributed by atoms with van der Waals surface area (Å²) in [5.41, 5.74) is 2.08. The average Bonchev–Trinajstić information content (AvgIpc) is 2.93. The Hall–Kier alpha value is -1.13. The van der Waals surface area contributed by atoms with Gasteiger partial charge in [0, 0.05) is 24.5 Å². The second-order valence-electron chi connectivity index (χ2n) is 7.67. The molecular formula is C19H28O4. The Morgan fingerprint density at radius 2 is 2.17 bits per heavy atom. The highest BCUT2D eigenvalue weighted by Crippen LogP contribution is 2.57. The summed E-state index contributed by atoms with van der Waals surface area (Å²) in [6, 6.07) is 0. The number of aliphatic hydroxyl groups excluding tert-OH is 2. The monoisotopic (exact) mass is 320 g/mol. The van der Waals surface area contributed by atoms with Crippen molar-refractivity contribution in [3.8, 4) is 0 Å². The van der Waals surface area contributed by atoms with Crippen molar-refractivity contribution in [1.29, 1.82) is 0 Å². The minimum absolute atomic E-state index is 0.0338. The maximum Gasteiger partial charge on any atom is 0.333 e. The van der Waals surface area contributed by atoms with Gasteiger partial charge in [-0.15, -0.1) is 0 Å². The molecule has 0 amide bonds. The predicted molar refractivity (Wildman–Crippen MR) is 87.6 cm³/mol. The summed E-state index contributed by atoms with van der Waals surface area (Å²) in [5.74, 6) is 0.415. The molecule has 0 aromatic heterocycles. The number of ether oxygens (including phenoxy) is 1. The molecule has 0 spiro atoms. The number of hydrogen-bond acceptors (Lipinski definition) is 4. The van der Waals surface area contributed by atoms with Gasteiger partial charge >= 0.3 is 5.97 Å². The van der Waals surface area contributed by atoms with Gasteiger partial charge in [0.05, 0.1) is 12.7 Å². The summed E-state index contributed by atoms with van der Waals surface area (Å²) >= 11 is 0. The summed E-state index contributed by atoms with van der Waals surface area (Å²) in [5, 5.41) is 20.0. The van der Waals surface area contributed by atoms with Crippen molar-refractivity contribution in [2.75, 3.05) is 13.2 Å². The van der Waals surface area contributed by atoms with Crippen LogP contribution < -0.4 is 0 Å². The van der Waals surface area contributed by atoms with Gasteiger partial charge in [0.15, 0.2) is 0 Å². The summed E-state index contributed by atoms with van der Waals surface area (Å²) in [6.45, 7) is 7.12. The van der Waals surface area contributed by atoms with E-state index in [0.717, 1.165) is 37.7 Å². The van der Waals surface area contributed by atoms with Gasteiger partial charge in [-0.25, -0.2) is 4.79 Å². The Morgan fingerprint density at radius 1 is 1.39 bits per heavy atom. The molecule has 0 bridgehead atoms. The summed E-state index contributed by atoms with van der Waals surface area (Å²) < 4.78 is 5.02. The van der Waals surface area contributed by atoms with Gasteiger partial charge in [0.1, 0.15) is 0 Å². The minimum Gasteiger partial charge on any atom is -0.462 e. The molecule has 5 unspecified atom stereocenters. The van der Waals surface area contributed by atoms with E-state index < -0.39 is 6.10 Å². The van der Waals surface area contributed by atoms with Crippen LogP contribution in [-0.4, -0.2) is 35.5 Å². The van der Waals surface area contributed by atoms with E-state index in [1.54, 1.807) is 0 Å². The lowest BCUT2D eigenvalue weighted by molar-refractivity contribution is -0.135. The molecule has 2 aliphatic carbocycles. The molecule has 2 saturated carbocycles. The third-order valence-corrected chi connectivity index (χ3v) is 6.58. The van der Waals surface area contributed by atoms with Crippen molar-refractivity contribution in [3.63, 3.8) is 0 Å². The van der Waals surface area contributed by atoms with Crippen LogP contribution in [0.3, 0.4) is 0 Å². The molecule has 0 aromatic carbocycles. The number of carbonyl (C=O) groups excluding carboxylic acids is 1. The first-order valence-corrected chi connectivity index (χ1v) is 8.80. The maximum atomic E-state index is 11.7. The highest BCUT2D eigenvalue weighted by Gasteiger charge is 2.51. The molecule has 1 saturated heterocycles. The number of rotatable bonds is 3. The third-order valence-electron chi connectivity index (χ3n) is 6.58. The van der Waals surface area contributed by atoms with Crippen molar-refractivity contribution in [3.05, 3.63) is 23.8 Å². The van der Waals surface area contributed by atoms with Gasteiger partial charge in [-0.3, -0.25) is 0 Å². The fourth-order valence-corrected chi connectivity index (χ4v) is 5.15. The molecule has 128 valence electrons. The highest BCUT2D eigenvalue weighted by molar-refractivity contribution is 5.90. The van der Waals surface area contributed by atoms with E-state index >= 15 is 0 Å². The lowest BCUT2D eigenvalue weighted by atomic mass is 9.50. The molecule has 5 atom stereocenters. The Balaban J connectivity index is 1.83. The Labute approximate surface area is 138 Å². The lowest BCUT2D eigenvalue weighted by Gasteiger charge is -2.55. The van der Waals surface area contributed by atoms with E-state index in [-0.39, 0.29) is 23.9 Å². The predicted octanol–water partition coefficient (Wildman–Crippen LogP) is 2.60. The van der Waals surface area contributed by atoms with Crippen molar-refractivity contribution >= 4 is 5.97 Å². The quantitative estimate of drug-likeness (QED) is 0.476. The number of aliphatic hydroxyl groups is 2. The zero-order valence-electron chi connectivity index (χ0n) is 14.0. The van der Waals surface area contributed by atoms with Crippen LogP contribution in [0.2, 0.25) is 0 Å². The normalized spacial score (nSPS) is 42.7. The number of carbonyl (C=O) groups is 1. The molecule has 3 rings (SSSR count). The van der Waals surface area contributed by atoms with E-state index in [0.29, 0.717) is 24.9 Å². The summed E-state index contributed by atoms with van der Waals surface area (Å²) in [4.78, 5) is 11.7. The Kier molecular flexibility index (Phi) is 4.65. The van der Waals surface area contributed by atoms with E-state index in [4.69, 9.17) is 4.74 Å². The summed E-state index contributed by atoms with van der Waals surface area (Å²) in [7, 11) is 0. The van der Waals surface area contributed by atoms with Gasteiger partial charge in [-0.05, 0) is 49.4 Å². The molecule has 23 heavy (non-hydrogen) atoms. The fraction of sp³-hybridized carbons (Fsp3) is 0.737. The number of fused-ring (bicyclic) bond motifs is 1. The Bertz CT molecular complexity index is 523. The number of cyclic esters (lactones) is 1. The molecule has 3 fully saturated rings. The molecule has 2 N–H and O–H groups in total. The molecule has 4 heteroatoms. The smallest absolute Gasteiger partial charge is 0.333 e. The van der Waals surface area contributed by atoms with Crippen LogP contribution in [0.25, 0.3) is 0 Å². The van der Waals surface area contributed by atoms with Crippen LogP contribution >= 0.6 is 0 Å². The van der Waals surface area contributed by atoms with E-state index in [9.17, 15) is 15.0 Å². The van der Waals surface area contributed by atoms with Crippen LogP contribution in [0.4, 0.5) is 0 Å². The van der Waals surface area contributed by atoms with Crippen LogP contribution in [0, 0.1) is 23.2 Å². The number of allylic oxidation sites excluding steroid dienone is 2. The van der Waals surface area contributed by atoms with Crippen molar-refractivity contribution in [1.82, 2.24) is 0 Å². The summed E-state index contributed by atoms with van der Waals surface area (Å²) in [6.07, 6.45) is 6.79. The lowest BCUT2D eigenvalue weighted by Crippen LogP contribution is -2.51. The van der Waals surface area contributed by atoms with Gasteiger partial charge in [0.2, 0.25) is 0 Å².